The molecule has 0 aliphatic heterocycles. The smallest absolute Gasteiger partial charge is 0.146 e. The first kappa shape index (κ1) is 12.1. The Kier molecular flexibility index (Phi) is 3.50. The zero-order valence-corrected chi connectivity index (χ0v) is 10.7. The van der Waals surface area contributed by atoms with Crippen molar-refractivity contribution in [3.05, 3.63) is 36.0 Å². The van der Waals surface area contributed by atoms with Crippen LogP contribution in [0, 0.1) is 0 Å². The lowest BCUT2D eigenvalue weighted by Gasteiger charge is -2.31. The summed E-state index contributed by atoms with van der Waals surface area (Å²) < 4.78 is 5.75. The molecule has 2 N–H and O–H groups in total. The molecular formula is C14H20N2O. The van der Waals surface area contributed by atoms with Crippen LogP contribution < -0.4 is 5.32 Å². The van der Waals surface area contributed by atoms with E-state index in [0.717, 1.165) is 18.4 Å². The summed E-state index contributed by atoms with van der Waals surface area (Å²) in [6.45, 7) is 2.17. The fourth-order valence-electron chi connectivity index (χ4n) is 2.47. The molecule has 0 radical (unpaired) electrons. The Balaban J connectivity index is 2.56. The number of para-hydroxylation sites is 1. The van der Waals surface area contributed by atoms with Gasteiger partial charge in [-0.25, -0.2) is 0 Å². The van der Waals surface area contributed by atoms with Crippen LogP contribution in [-0.2, 0) is 10.5 Å². The molecule has 1 aromatic heterocycles. The number of benzene rings is 1. The highest BCUT2D eigenvalue weighted by Gasteiger charge is 2.31. The Hall–Kier alpha value is -1.32. The van der Waals surface area contributed by atoms with Crippen LogP contribution in [0.2, 0.25) is 0 Å². The van der Waals surface area contributed by atoms with E-state index >= 15 is 0 Å². The topological polar surface area (TPSA) is 37.0 Å². The maximum absolute atomic E-state index is 5.75. The van der Waals surface area contributed by atoms with Crippen molar-refractivity contribution >= 4 is 10.9 Å². The summed E-state index contributed by atoms with van der Waals surface area (Å²) in [5.41, 5.74) is 1.93. The lowest BCUT2D eigenvalue weighted by molar-refractivity contribution is -0.0454. The van der Waals surface area contributed by atoms with Crippen LogP contribution in [0.1, 0.15) is 25.3 Å². The molecule has 2 rings (SSSR count). The van der Waals surface area contributed by atoms with Gasteiger partial charge in [-0.1, -0.05) is 31.5 Å². The molecule has 0 spiro atoms. The largest absolute Gasteiger partial charge is 0.361 e. The third kappa shape index (κ3) is 1.96. The molecule has 3 nitrogen and oxygen atoms in total. The highest BCUT2D eigenvalue weighted by Crippen LogP contribution is 2.32. The van der Waals surface area contributed by atoms with Gasteiger partial charge in [0.05, 0.1) is 0 Å². The normalized spacial score (nSPS) is 15.0. The molecule has 0 bridgehead atoms. The number of aromatic amines is 1. The van der Waals surface area contributed by atoms with Gasteiger partial charge in [0.1, 0.15) is 5.72 Å². The van der Waals surface area contributed by atoms with E-state index in [1.165, 1.54) is 10.9 Å². The zero-order valence-electron chi connectivity index (χ0n) is 10.7. The van der Waals surface area contributed by atoms with Crippen LogP contribution in [0.3, 0.4) is 0 Å². The SMILES string of the molecule is CCCC(NC)(OC)c1c[nH]c2ccccc12. The first-order chi connectivity index (χ1) is 8.27. The summed E-state index contributed by atoms with van der Waals surface area (Å²) in [5, 5.41) is 4.54. The van der Waals surface area contributed by atoms with Crippen LogP contribution in [0.25, 0.3) is 10.9 Å². The van der Waals surface area contributed by atoms with E-state index < -0.39 is 5.72 Å². The second-order valence-corrected chi connectivity index (χ2v) is 4.28. The molecule has 3 heteroatoms. The molecule has 0 amide bonds. The average molecular weight is 232 g/mol. The number of ether oxygens (including phenoxy) is 1. The molecule has 1 aromatic carbocycles. The van der Waals surface area contributed by atoms with E-state index in [4.69, 9.17) is 4.74 Å². The highest BCUT2D eigenvalue weighted by atomic mass is 16.5. The molecular weight excluding hydrogens is 212 g/mol. The number of hydrogen-bond acceptors (Lipinski definition) is 2. The third-order valence-corrected chi connectivity index (χ3v) is 3.38. The Morgan fingerprint density at radius 1 is 1.35 bits per heavy atom. The number of nitrogens with one attached hydrogen (secondary N) is 2. The van der Waals surface area contributed by atoms with Gasteiger partial charge in [-0.15, -0.1) is 0 Å². The average Bonchev–Trinajstić information content (AvgIpc) is 2.81. The second-order valence-electron chi connectivity index (χ2n) is 4.28. The number of H-pyrrole nitrogens is 1. The minimum Gasteiger partial charge on any atom is -0.361 e. The number of methoxy groups -OCH3 is 1. The van der Waals surface area contributed by atoms with Crippen LogP contribution in [0.5, 0.6) is 0 Å². The third-order valence-electron chi connectivity index (χ3n) is 3.38. The maximum Gasteiger partial charge on any atom is 0.146 e. The first-order valence-corrected chi connectivity index (χ1v) is 6.08. The van der Waals surface area contributed by atoms with Gasteiger partial charge < -0.3 is 9.72 Å². The summed E-state index contributed by atoms with van der Waals surface area (Å²) in [6, 6.07) is 8.31. The number of aromatic nitrogens is 1. The Morgan fingerprint density at radius 2 is 2.12 bits per heavy atom. The number of rotatable bonds is 5. The van der Waals surface area contributed by atoms with Crippen molar-refractivity contribution in [2.24, 2.45) is 0 Å². The fraction of sp³-hybridized carbons (Fsp3) is 0.429. The van der Waals surface area contributed by atoms with Gasteiger partial charge in [-0.2, -0.15) is 0 Å². The van der Waals surface area contributed by atoms with Gasteiger partial charge in [0.2, 0.25) is 0 Å². The van der Waals surface area contributed by atoms with E-state index in [2.05, 4.69) is 35.4 Å². The van der Waals surface area contributed by atoms with Gasteiger partial charge in [-0.05, 0) is 19.5 Å². The van der Waals surface area contributed by atoms with Crippen LogP contribution >= 0.6 is 0 Å². The fourth-order valence-corrected chi connectivity index (χ4v) is 2.47. The van der Waals surface area contributed by atoms with Gasteiger partial charge in [-0.3, -0.25) is 5.32 Å². The van der Waals surface area contributed by atoms with Crippen molar-refractivity contribution in [3.63, 3.8) is 0 Å². The Bertz CT molecular complexity index is 486. The van der Waals surface area contributed by atoms with Crippen molar-refractivity contribution in [2.75, 3.05) is 14.2 Å². The molecule has 1 atom stereocenters. The Labute approximate surface area is 102 Å². The monoisotopic (exact) mass is 232 g/mol. The van der Waals surface area contributed by atoms with Crippen LogP contribution in [0.15, 0.2) is 30.5 Å². The molecule has 1 unspecified atom stereocenters. The highest BCUT2D eigenvalue weighted by molar-refractivity contribution is 5.83. The van der Waals surface area contributed by atoms with Crippen LogP contribution in [0.4, 0.5) is 0 Å². The quantitative estimate of drug-likeness (QED) is 0.778. The van der Waals surface area contributed by atoms with E-state index in [1.54, 1.807) is 7.11 Å². The molecule has 92 valence electrons. The summed E-state index contributed by atoms with van der Waals surface area (Å²) in [4.78, 5) is 3.30. The molecule has 0 saturated carbocycles. The predicted molar refractivity (Wildman–Crippen MR) is 71.0 cm³/mol. The van der Waals surface area contributed by atoms with Gasteiger partial charge >= 0.3 is 0 Å². The lowest BCUT2D eigenvalue weighted by atomic mass is 9.97. The standard InChI is InChI=1S/C14H20N2O/c1-4-9-14(15-2,17-3)12-10-16-13-8-6-5-7-11(12)13/h5-8,10,15-16H,4,9H2,1-3H3. The minimum absolute atomic E-state index is 0.394. The van der Waals surface area contributed by atoms with E-state index in [9.17, 15) is 0 Å². The molecule has 0 saturated heterocycles. The lowest BCUT2D eigenvalue weighted by Crippen LogP contribution is -2.41. The summed E-state index contributed by atoms with van der Waals surface area (Å²) in [5.74, 6) is 0. The predicted octanol–water partition coefficient (Wildman–Crippen LogP) is 2.99. The molecule has 0 fully saturated rings. The van der Waals surface area contributed by atoms with Crippen molar-refractivity contribution in [1.29, 1.82) is 0 Å². The maximum atomic E-state index is 5.75. The van der Waals surface area contributed by atoms with Gasteiger partial charge in [0, 0.05) is 29.8 Å². The molecule has 0 aliphatic rings. The minimum atomic E-state index is -0.394. The molecule has 17 heavy (non-hydrogen) atoms. The van der Waals surface area contributed by atoms with Crippen molar-refractivity contribution in [3.8, 4) is 0 Å². The van der Waals surface area contributed by atoms with Gasteiger partial charge in [0.15, 0.2) is 0 Å². The van der Waals surface area contributed by atoms with Gasteiger partial charge in [0.25, 0.3) is 0 Å². The second kappa shape index (κ2) is 4.90. The van der Waals surface area contributed by atoms with E-state index in [-0.39, 0.29) is 0 Å². The Morgan fingerprint density at radius 3 is 2.76 bits per heavy atom. The first-order valence-electron chi connectivity index (χ1n) is 6.08. The molecule has 2 aromatic rings. The zero-order chi connectivity index (χ0) is 12.3. The summed E-state index contributed by atoms with van der Waals surface area (Å²) in [7, 11) is 3.70. The molecule has 1 heterocycles. The van der Waals surface area contributed by atoms with E-state index in [1.807, 2.05) is 19.3 Å². The summed E-state index contributed by atoms with van der Waals surface area (Å²) >= 11 is 0. The number of hydrogen-bond donors (Lipinski definition) is 2. The summed E-state index contributed by atoms with van der Waals surface area (Å²) in [6.07, 6.45) is 4.05. The molecule has 0 aliphatic carbocycles. The number of fused-ring (bicyclic) bond motifs is 1. The van der Waals surface area contributed by atoms with Crippen LogP contribution in [-0.4, -0.2) is 19.1 Å². The van der Waals surface area contributed by atoms with Crippen molar-refractivity contribution in [1.82, 2.24) is 10.3 Å². The van der Waals surface area contributed by atoms with Crippen molar-refractivity contribution in [2.45, 2.75) is 25.5 Å². The van der Waals surface area contributed by atoms with E-state index in [0.29, 0.717) is 0 Å². The van der Waals surface area contributed by atoms with Crippen molar-refractivity contribution < 1.29 is 4.74 Å².